The molecule has 0 atom stereocenters. The van der Waals surface area contributed by atoms with Crippen molar-refractivity contribution >= 4 is 0 Å². The highest BCUT2D eigenvalue weighted by molar-refractivity contribution is 5.39. The monoisotopic (exact) mass is 187 g/mol. The van der Waals surface area contributed by atoms with Gasteiger partial charge in [-0.3, -0.25) is 0 Å². The van der Waals surface area contributed by atoms with E-state index < -0.39 is 0 Å². The van der Waals surface area contributed by atoms with Gasteiger partial charge < -0.3 is 0 Å². The Bertz CT molecular complexity index is 393. The van der Waals surface area contributed by atoms with Crippen molar-refractivity contribution in [3.8, 4) is 5.69 Å². The summed E-state index contributed by atoms with van der Waals surface area (Å²) >= 11 is 0. The summed E-state index contributed by atoms with van der Waals surface area (Å²) in [4.78, 5) is 0. The van der Waals surface area contributed by atoms with Crippen molar-refractivity contribution < 1.29 is 0 Å². The Labute approximate surface area is 83.4 Å². The molecule has 0 N–H and O–H groups in total. The van der Waals surface area contributed by atoms with Crippen LogP contribution in [0, 0.1) is 0 Å². The van der Waals surface area contributed by atoms with Gasteiger partial charge in [0.25, 0.3) is 0 Å². The Morgan fingerprint density at radius 1 is 1.29 bits per heavy atom. The van der Waals surface area contributed by atoms with Crippen LogP contribution in [0.25, 0.3) is 5.69 Å². The van der Waals surface area contributed by atoms with Gasteiger partial charge in [-0.05, 0) is 18.1 Å². The summed E-state index contributed by atoms with van der Waals surface area (Å²) < 4.78 is 1.81. The molecule has 0 bridgehead atoms. The number of hydrogen-bond donors (Lipinski definition) is 0. The van der Waals surface area contributed by atoms with Crippen molar-refractivity contribution in [3.63, 3.8) is 0 Å². The zero-order chi connectivity index (χ0) is 9.80. The smallest absolute Gasteiger partial charge is 0.0697 e. The van der Waals surface area contributed by atoms with Crippen LogP contribution in [0.1, 0.15) is 18.9 Å². The topological polar surface area (TPSA) is 30.7 Å². The quantitative estimate of drug-likeness (QED) is 0.737. The zero-order valence-electron chi connectivity index (χ0n) is 8.22. The van der Waals surface area contributed by atoms with Crippen LogP contribution in [0.15, 0.2) is 36.7 Å². The number of aryl methyl sites for hydroxylation is 1. The van der Waals surface area contributed by atoms with Crippen LogP contribution in [0.5, 0.6) is 0 Å². The number of nitrogens with zero attached hydrogens (tertiary/aromatic N) is 3. The van der Waals surface area contributed by atoms with Gasteiger partial charge in [-0.2, -0.15) is 0 Å². The van der Waals surface area contributed by atoms with Crippen LogP contribution in [0.4, 0.5) is 0 Å². The fourth-order valence-electron chi connectivity index (χ4n) is 1.55. The molecule has 0 spiro atoms. The molecule has 3 nitrogen and oxygen atoms in total. The molecule has 1 heterocycles. The van der Waals surface area contributed by atoms with Crippen molar-refractivity contribution in [1.82, 2.24) is 15.0 Å². The Hall–Kier alpha value is -1.64. The largest absolute Gasteiger partial charge is 0.220 e. The second kappa shape index (κ2) is 4.05. The lowest BCUT2D eigenvalue weighted by Crippen LogP contribution is -2.00. The molecule has 0 aliphatic carbocycles. The molecule has 2 rings (SSSR count). The molecule has 0 saturated carbocycles. The fourth-order valence-corrected chi connectivity index (χ4v) is 1.55. The highest BCUT2D eigenvalue weighted by Gasteiger charge is 2.02. The Balaban J connectivity index is 2.42. The van der Waals surface area contributed by atoms with Crippen LogP contribution >= 0.6 is 0 Å². The number of hydrogen-bond acceptors (Lipinski definition) is 2. The summed E-state index contributed by atoms with van der Waals surface area (Å²) in [6.45, 7) is 2.18. The third-order valence-corrected chi connectivity index (χ3v) is 2.18. The van der Waals surface area contributed by atoms with Crippen molar-refractivity contribution in [2.45, 2.75) is 19.8 Å². The average Bonchev–Trinajstić information content (AvgIpc) is 2.72. The Morgan fingerprint density at radius 2 is 2.14 bits per heavy atom. The minimum atomic E-state index is 1.08. The number of rotatable bonds is 3. The van der Waals surface area contributed by atoms with E-state index in [4.69, 9.17) is 0 Å². The average molecular weight is 187 g/mol. The van der Waals surface area contributed by atoms with Crippen LogP contribution in [-0.2, 0) is 6.42 Å². The van der Waals surface area contributed by atoms with Gasteiger partial charge in [0, 0.05) is 0 Å². The van der Waals surface area contributed by atoms with E-state index in [0.717, 1.165) is 18.5 Å². The first kappa shape index (κ1) is 8.94. The lowest BCUT2D eigenvalue weighted by atomic mass is 10.1. The number of benzene rings is 1. The molecule has 0 aliphatic rings. The highest BCUT2D eigenvalue weighted by Crippen LogP contribution is 2.14. The van der Waals surface area contributed by atoms with E-state index in [-0.39, 0.29) is 0 Å². The molecular weight excluding hydrogens is 174 g/mol. The SMILES string of the molecule is CCCc1ccccc1-n1ccnn1. The molecule has 0 fully saturated rings. The van der Waals surface area contributed by atoms with E-state index in [1.54, 1.807) is 6.20 Å². The fraction of sp³-hybridized carbons (Fsp3) is 0.273. The molecule has 0 amide bonds. The summed E-state index contributed by atoms with van der Waals surface area (Å²) in [6, 6.07) is 8.29. The Kier molecular flexibility index (Phi) is 2.58. The molecule has 0 aliphatic heterocycles. The Morgan fingerprint density at radius 3 is 2.86 bits per heavy atom. The minimum absolute atomic E-state index is 1.08. The van der Waals surface area contributed by atoms with Gasteiger partial charge in [0.15, 0.2) is 0 Å². The van der Waals surface area contributed by atoms with Gasteiger partial charge in [0.2, 0.25) is 0 Å². The lowest BCUT2D eigenvalue weighted by molar-refractivity contribution is 0.785. The molecule has 14 heavy (non-hydrogen) atoms. The van der Waals surface area contributed by atoms with Crippen LogP contribution < -0.4 is 0 Å². The van der Waals surface area contributed by atoms with E-state index in [1.807, 2.05) is 16.9 Å². The second-order valence-electron chi connectivity index (χ2n) is 3.23. The molecule has 0 saturated heterocycles. The molecule has 2 aromatic rings. The third kappa shape index (κ3) is 1.66. The second-order valence-corrected chi connectivity index (χ2v) is 3.23. The standard InChI is InChI=1S/C11H13N3/c1-2-5-10-6-3-4-7-11(10)14-9-8-12-13-14/h3-4,6-9H,2,5H2,1H3. The predicted octanol–water partition coefficient (Wildman–Crippen LogP) is 2.22. The van der Waals surface area contributed by atoms with Crippen LogP contribution in [-0.4, -0.2) is 15.0 Å². The van der Waals surface area contributed by atoms with Gasteiger partial charge in [-0.25, -0.2) is 4.68 Å². The first-order valence-corrected chi connectivity index (χ1v) is 4.86. The predicted molar refractivity (Wildman–Crippen MR) is 55.4 cm³/mol. The van der Waals surface area contributed by atoms with Gasteiger partial charge in [-0.15, -0.1) is 5.10 Å². The molecule has 1 aromatic heterocycles. The summed E-state index contributed by atoms with van der Waals surface area (Å²) in [5.41, 5.74) is 2.45. The van der Waals surface area contributed by atoms with Crippen molar-refractivity contribution in [2.24, 2.45) is 0 Å². The molecule has 72 valence electrons. The zero-order valence-corrected chi connectivity index (χ0v) is 8.22. The minimum Gasteiger partial charge on any atom is -0.220 e. The first-order chi connectivity index (χ1) is 6.92. The van der Waals surface area contributed by atoms with Crippen LogP contribution in [0.2, 0.25) is 0 Å². The molecular formula is C11H13N3. The van der Waals surface area contributed by atoms with E-state index in [0.29, 0.717) is 0 Å². The highest BCUT2D eigenvalue weighted by atomic mass is 15.4. The van der Waals surface area contributed by atoms with Crippen molar-refractivity contribution in [2.75, 3.05) is 0 Å². The van der Waals surface area contributed by atoms with Gasteiger partial charge in [0.1, 0.15) is 0 Å². The summed E-state index contributed by atoms with van der Waals surface area (Å²) in [6.07, 6.45) is 5.79. The van der Waals surface area contributed by atoms with E-state index >= 15 is 0 Å². The summed E-state index contributed by atoms with van der Waals surface area (Å²) in [7, 11) is 0. The lowest BCUT2D eigenvalue weighted by Gasteiger charge is -2.06. The summed E-state index contributed by atoms with van der Waals surface area (Å²) in [5.74, 6) is 0. The van der Waals surface area contributed by atoms with Crippen molar-refractivity contribution in [3.05, 3.63) is 42.2 Å². The van der Waals surface area contributed by atoms with E-state index in [1.165, 1.54) is 5.56 Å². The molecule has 0 unspecified atom stereocenters. The van der Waals surface area contributed by atoms with Gasteiger partial charge >= 0.3 is 0 Å². The normalized spacial score (nSPS) is 10.4. The first-order valence-electron chi connectivity index (χ1n) is 4.86. The van der Waals surface area contributed by atoms with Gasteiger partial charge in [-0.1, -0.05) is 36.8 Å². The van der Waals surface area contributed by atoms with Crippen molar-refractivity contribution in [1.29, 1.82) is 0 Å². The summed E-state index contributed by atoms with van der Waals surface area (Å²) in [5, 5.41) is 7.81. The van der Waals surface area contributed by atoms with E-state index in [2.05, 4.69) is 35.4 Å². The maximum absolute atomic E-state index is 4.00. The van der Waals surface area contributed by atoms with E-state index in [9.17, 15) is 0 Å². The maximum Gasteiger partial charge on any atom is 0.0697 e. The number of para-hydroxylation sites is 1. The third-order valence-electron chi connectivity index (χ3n) is 2.18. The van der Waals surface area contributed by atoms with Gasteiger partial charge in [0.05, 0.1) is 18.1 Å². The van der Waals surface area contributed by atoms with Crippen LogP contribution in [0.3, 0.4) is 0 Å². The molecule has 1 aromatic carbocycles. The maximum atomic E-state index is 4.00. The molecule has 0 radical (unpaired) electrons. The molecule has 3 heteroatoms. The number of aromatic nitrogens is 3.